The van der Waals surface area contributed by atoms with Gasteiger partial charge in [0.25, 0.3) is 5.91 Å². The molecule has 29 heavy (non-hydrogen) atoms. The van der Waals surface area contributed by atoms with Crippen molar-refractivity contribution in [3.63, 3.8) is 0 Å². The number of carboxylic acid groups (broad SMARTS) is 1. The molecule has 5 N–H and O–H groups in total. The average molecular weight is 422 g/mol. The summed E-state index contributed by atoms with van der Waals surface area (Å²) in [5.74, 6) is -1.66. The van der Waals surface area contributed by atoms with Gasteiger partial charge in [0.2, 0.25) is 12.3 Å². The van der Waals surface area contributed by atoms with Gasteiger partial charge in [-0.3, -0.25) is 19.3 Å². The predicted molar refractivity (Wildman–Crippen MR) is 106 cm³/mol. The Morgan fingerprint density at radius 1 is 1.34 bits per heavy atom. The first-order chi connectivity index (χ1) is 13.7. The first kappa shape index (κ1) is 22.2. The molecular weight excluding hydrogens is 400 g/mol. The molecule has 0 bridgehead atoms. The molecule has 1 aromatic rings. The van der Waals surface area contributed by atoms with Gasteiger partial charge in [-0.05, 0) is 23.8 Å². The summed E-state index contributed by atoms with van der Waals surface area (Å²) >= 11 is 1.37. The standard InChI is InChI=1S/C15H15N3O5S.C3H7NO/c16-10(7-1-3-8(19)4-2-7)12(20)17-11-13(21)18-9(15(22)23)5-6-24-14(11)18;1-4(2)3-5/h1-5,10-11,14,19H,6,16H2,(H,17,20)(H,22,23);3H,1-2H3/t10?,11?,14-;/m1./s1. The minimum absolute atomic E-state index is 0.0581. The lowest BCUT2D eigenvalue weighted by Gasteiger charge is -2.48. The molecule has 11 heteroatoms. The van der Waals surface area contributed by atoms with Crippen LogP contribution in [-0.4, -0.2) is 75.5 Å². The first-order valence-corrected chi connectivity index (χ1v) is 9.57. The van der Waals surface area contributed by atoms with Crippen LogP contribution in [0, 0.1) is 0 Å². The maximum Gasteiger partial charge on any atom is 0.352 e. The normalized spacial score (nSPS) is 20.7. The maximum absolute atomic E-state index is 12.3. The van der Waals surface area contributed by atoms with E-state index in [1.165, 1.54) is 51.9 Å². The van der Waals surface area contributed by atoms with E-state index < -0.39 is 35.2 Å². The van der Waals surface area contributed by atoms with Gasteiger partial charge in [0.1, 0.15) is 28.9 Å². The number of fused-ring (bicyclic) bond motifs is 1. The van der Waals surface area contributed by atoms with Crippen molar-refractivity contribution >= 4 is 36.0 Å². The number of rotatable bonds is 5. The quantitative estimate of drug-likeness (QED) is 0.365. The number of carbonyl (C=O) groups is 4. The zero-order valence-electron chi connectivity index (χ0n) is 15.8. The van der Waals surface area contributed by atoms with Crippen LogP contribution in [0.25, 0.3) is 0 Å². The number of aromatic hydroxyl groups is 1. The van der Waals surface area contributed by atoms with Crippen LogP contribution in [0.1, 0.15) is 11.6 Å². The fraction of sp³-hybridized carbons (Fsp3) is 0.333. The topological polar surface area (TPSA) is 153 Å². The van der Waals surface area contributed by atoms with Crippen molar-refractivity contribution in [1.82, 2.24) is 15.1 Å². The molecule has 2 heterocycles. The molecule has 0 radical (unpaired) electrons. The summed E-state index contributed by atoms with van der Waals surface area (Å²) in [6.45, 7) is 0. The molecule has 2 aliphatic heterocycles. The van der Waals surface area contributed by atoms with Crippen molar-refractivity contribution in [1.29, 1.82) is 0 Å². The number of nitrogens with two attached hydrogens (primary N) is 1. The molecule has 0 spiro atoms. The highest BCUT2D eigenvalue weighted by Gasteiger charge is 2.52. The van der Waals surface area contributed by atoms with Gasteiger partial charge in [0.05, 0.1) is 0 Å². The highest BCUT2D eigenvalue weighted by Crippen LogP contribution is 2.37. The van der Waals surface area contributed by atoms with Gasteiger partial charge >= 0.3 is 5.97 Å². The smallest absolute Gasteiger partial charge is 0.352 e. The van der Waals surface area contributed by atoms with E-state index in [0.717, 1.165) is 6.41 Å². The summed E-state index contributed by atoms with van der Waals surface area (Å²) in [6.07, 6.45) is 2.22. The Bertz CT molecular complexity index is 826. The number of carboxylic acids is 1. The minimum atomic E-state index is -1.17. The molecule has 2 aliphatic rings. The summed E-state index contributed by atoms with van der Waals surface area (Å²) < 4.78 is 0. The molecule has 0 aromatic heterocycles. The predicted octanol–water partition coefficient (Wildman–Crippen LogP) is -0.535. The average Bonchev–Trinajstić information content (AvgIpc) is 2.71. The fourth-order valence-electron chi connectivity index (χ4n) is 2.61. The molecule has 1 fully saturated rings. The molecule has 3 rings (SSSR count). The minimum Gasteiger partial charge on any atom is -0.508 e. The molecule has 0 saturated carbocycles. The van der Waals surface area contributed by atoms with Crippen LogP contribution in [0.3, 0.4) is 0 Å². The monoisotopic (exact) mass is 422 g/mol. The molecular formula is C18H22N4O6S. The number of hydrogen-bond acceptors (Lipinski definition) is 7. The van der Waals surface area contributed by atoms with E-state index >= 15 is 0 Å². The van der Waals surface area contributed by atoms with Gasteiger partial charge < -0.3 is 26.2 Å². The number of amides is 3. The number of hydrogen-bond donors (Lipinski definition) is 4. The molecule has 10 nitrogen and oxygen atoms in total. The van der Waals surface area contributed by atoms with Crippen LogP contribution < -0.4 is 11.1 Å². The van der Waals surface area contributed by atoms with Gasteiger partial charge in [0, 0.05) is 19.8 Å². The molecule has 1 aromatic carbocycles. The summed E-state index contributed by atoms with van der Waals surface area (Å²) in [4.78, 5) is 47.6. The molecule has 1 saturated heterocycles. The number of nitrogens with one attached hydrogen (secondary N) is 1. The van der Waals surface area contributed by atoms with E-state index in [4.69, 9.17) is 10.8 Å². The summed E-state index contributed by atoms with van der Waals surface area (Å²) in [5.41, 5.74) is 6.31. The number of nitrogens with zero attached hydrogens (tertiary/aromatic N) is 2. The Morgan fingerprint density at radius 2 is 1.93 bits per heavy atom. The van der Waals surface area contributed by atoms with Gasteiger partial charge in [-0.15, -0.1) is 11.8 Å². The maximum atomic E-state index is 12.3. The zero-order chi connectivity index (χ0) is 21.7. The van der Waals surface area contributed by atoms with Crippen LogP contribution in [0.4, 0.5) is 0 Å². The number of carbonyl (C=O) groups excluding carboxylic acids is 3. The van der Waals surface area contributed by atoms with Crippen LogP contribution in [0.5, 0.6) is 5.75 Å². The largest absolute Gasteiger partial charge is 0.508 e. The summed E-state index contributed by atoms with van der Waals surface area (Å²) in [6, 6.07) is 4.09. The van der Waals surface area contributed by atoms with E-state index in [1.54, 1.807) is 14.1 Å². The number of aliphatic carboxylic acids is 1. The molecule has 3 atom stereocenters. The summed E-state index contributed by atoms with van der Waals surface area (Å²) in [5, 5.41) is 20.5. The second-order valence-corrected chi connectivity index (χ2v) is 7.60. The number of phenols is 1. The van der Waals surface area contributed by atoms with Gasteiger partial charge in [-0.2, -0.15) is 0 Å². The second-order valence-electron chi connectivity index (χ2n) is 6.45. The number of β-lactam (4-membered cyclic amide) rings is 1. The number of thioether (sulfide) groups is 1. The molecule has 3 amide bonds. The molecule has 156 valence electrons. The second kappa shape index (κ2) is 9.43. The lowest BCUT2D eigenvalue weighted by Crippen LogP contribution is -2.70. The van der Waals surface area contributed by atoms with Crippen molar-refractivity contribution in [3.05, 3.63) is 41.6 Å². The van der Waals surface area contributed by atoms with Crippen molar-refractivity contribution in [2.75, 3.05) is 19.8 Å². The van der Waals surface area contributed by atoms with Crippen molar-refractivity contribution < 1.29 is 29.4 Å². The van der Waals surface area contributed by atoms with Gasteiger partial charge in [0.15, 0.2) is 0 Å². The molecule has 2 unspecified atom stereocenters. The highest BCUT2D eigenvalue weighted by atomic mass is 32.2. The Hall–Kier alpha value is -3.05. The van der Waals surface area contributed by atoms with Crippen molar-refractivity contribution in [2.45, 2.75) is 17.5 Å². The Morgan fingerprint density at radius 3 is 2.45 bits per heavy atom. The van der Waals surface area contributed by atoms with Crippen LogP contribution in [-0.2, 0) is 19.2 Å². The SMILES string of the molecule is CN(C)C=O.NC(C(=O)NC1C(=O)N2C(C(=O)O)=CCS[C@H]12)c1ccc(O)cc1. The number of phenolic OH excluding ortho intramolecular Hbond substituents is 1. The highest BCUT2D eigenvalue weighted by molar-refractivity contribution is 8.00. The van der Waals surface area contributed by atoms with E-state index in [0.29, 0.717) is 11.3 Å². The third-order valence-corrected chi connectivity index (χ3v) is 5.29. The van der Waals surface area contributed by atoms with Crippen molar-refractivity contribution in [2.24, 2.45) is 5.73 Å². The van der Waals surface area contributed by atoms with E-state index in [9.17, 15) is 24.3 Å². The van der Waals surface area contributed by atoms with Crippen LogP contribution in [0.15, 0.2) is 36.0 Å². The zero-order valence-corrected chi connectivity index (χ0v) is 16.6. The van der Waals surface area contributed by atoms with Crippen molar-refractivity contribution in [3.8, 4) is 5.75 Å². The summed E-state index contributed by atoms with van der Waals surface area (Å²) in [7, 11) is 3.38. The van der Waals surface area contributed by atoms with E-state index in [1.807, 2.05) is 0 Å². The number of benzene rings is 1. The van der Waals surface area contributed by atoms with Gasteiger partial charge in [-0.25, -0.2) is 4.79 Å². The Labute approximate surface area is 171 Å². The van der Waals surface area contributed by atoms with Crippen LogP contribution >= 0.6 is 11.8 Å². The lowest BCUT2D eigenvalue weighted by molar-refractivity contribution is -0.150. The fourth-order valence-corrected chi connectivity index (χ4v) is 3.81. The Balaban J connectivity index is 0.000000537. The van der Waals surface area contributed by atoms with Gasteiger partial charge in [-0.1, -0.05) is 12.1 Å². The van der Waals surface area contributed by atoms with Crippen LogP contribution in [0.2, 0.25) is 0 Å². The van der Waals surface area contributed by atoms with E-state index in [-0.39, 0.29) is 11.4 Å². The third-order valence-electron chi connectivity index (χ3n) is 4.11. The first-order valence-electron chi connectivity index (χ1n) is 8.52. The Kier molecular flexibility index (Phi) is 7.23. The lowest BCUT2D eigenvalue weighted by atomic mass is 10.0. The van der Waals surface area contributed by atoms with E-state index in [2.05, 4.69) is 5.32 Å². The third kappa shape index (κ3) is 5.06. The molecule has 0 aliphatic carbocycles.